The standard InChI is InChI=1S/C8H5F3N2/c9-3-6-5(8(10)11)1-2-13-7(6)4-12/h1-2,8H,3H2. The number of alkyl halides is 3. The normalized spacial score (nSPS) is 10.1. The van der Waals surface area contributed by atoms with Crippen molar-refractivity contribution in [2.75, 3.05) is 0 Å². The van der Waals surface area contributed by atoms with Crippen LogP contribution in [0.5, 0.6) is 0 Å². The molecule has 0 aliphatic rings. The largest absolute Gasteiger partial charge is 0.264 e. The van der Waals surface area contributed by atoms with Crippen LogP contribution >= 0.6 is 0 Å². The van der Waals surface area contributed by atoms with Crippen LogP contribution in [0.2, 0.25) is 0 Å². The van der Waals surface area contributed by atoms with E-state index in [0.717, 1.165) is 12.3 Å². The van der Waals surface area contributed by atoms with Crippen molar-refractivity contribution in [3.63, 3.8) is 0 Å². The zero-order chi connectivity index (χ0) is 9.84. The second-order valence-corrected chi connectivity index (χ2v) is 2.27. The molecule has 0 aliphatic carbocycles. The van der Waals surface area contributed by atoms with Crippen molar-refractivity contribution in [1.82, 2.24) is 4.98 Å². The van der Waals surface area contributed by atoms with Gasteiger partial charge in [0, 0.05) is 17.3 Å². The third-order valence-electron chi connectivity index (χ3n) is 1.57. The van der Waals surface area contributed by atoms with E-state index in [2.05, 4.69) is 4.98 Å². The molecule has 0 bridgehead atoms. The molecule has 1 aromatic rings. The van der Waals surface area contributed by atoms with Gasteiger partial charge in [0.1, 0.15) is 18.4 Å². The fourth-order valence-corrected chi connectivity index (χ4v) is 0.949. The first-order chi connectivity index (χ1) is 6.20. The van der Waals surface area contributed by atoms with Crippen LogP contribution in [0.15, 0.2) is 12.3 Å². The van der Waals surface area contributed by atoms with Crippen LogP contribution in [0.4, 0.5) is 13.2 Å². The molecule has 0 radical (unpaired) electrons. The van der Waals surface area contributed by atoms with Gasteiger partial charge in [-0.3, -0.25) is 0 Å². The minimum Gasteiger partial charge on any atom is -0.246 e. The zero-order valence-electron chi connectivity index (χ0n) is 6.47. The molecule has 1 aromatic heterocycles. The van der Waals surface area contributed by atoms with Crippen LogP contribution in [0.3, 0.4) is 0 Å². The number of pyridine rings is 1. The van der Waals surface area contributed by atoms with Gasteiger partial charge in [0.15, 0.2) is 0 Å². The van der Waals surface area contributed by atoms with E-state index in [1.165, 1.54) is 0 Å². The molecule has 0 saturated heterocycles. The second-order valence-electron chi connectivity index (χ2n) is 2.27. The molecule has 1 rings (SSSR count). The highest BCUT2D eigenvalue weighted by molar-refractivity contribution is 5.37. The molecule has 0 N–H and O–H groups in total. The van der Waals surface area contributed by atoms with Gasteiger partial charge in [-0.25, -0.2) is 18.2 Å². The monoisotopic (exact) mass is 186 g/mol. The number of nitrogens with zero attached hydrogens (tertiary/aromatic N) is 2. The average molecular weight is 186 g/mol. The van der Waals surface area contributed by atoms with Crippen molar-refractivity contribution < 1.29 is 13.2 Å². The molecule has 13 heavy (non-hydrogen) atoms. The fraction of sp³-hybridized carbons (Fsp3) is 0.250. The van der Waals surface area contributed by atoms with Crippen LogP contribution < -0.4 is 0 Å². The number of aromatic nitrogens is 1. The summed E-state index contributed by atoms with van der Waals surface area (Å²) in [6.45, 7) is -1.10. The Morgan fingerprint density at radius 1 is 1.54 bits per heavy atom. The van der Waals surface area contributed by atoms with Gasteiger partial charge in [0.05, 0.1) is 0 Å². The predicted molar refractivity (Wildman–Crippen MR) is 38.7 cm³/mol. The molecule has 0 saturated carbocycles. The Bertz CT molecular complexity index is 344. The Morgan fingerprint density at radius 2 is 2.23 bits per heavy atom. The Balaban J connectivity index is 3.29. The number of nitriles is 1. The van der Waals surface area contributed by atoms with Crippen LogP contribution in [-0.2, 0) is 6.67 Å². The third-order valence-corrected chi connectivity index (χ3v) is 1.57. The maximum atomic E-state index is 12.3. The highest BCUT2D eigenvalue weighted by Gasteiger charge is 2.16. The summed E-state index contributed by atoms with van der Waals surface area (Å²) in [5, 5.41) is 8.43. The lowest BCUT2D eigenvalue weighted by atomic mass is 10.1. The average Bonchev–Trinajstić information content (AvgIpc) is 2.16. The lowest BCUT2D eigenvalue weighted by Gasteiger charge is -2.05. The first kappa shape index (κ1) is 9.52. The van der Waals surface area contributed by atoms with E-state index in [1.807, 2.05) is 0 Å². The summed E-state index contributed by atoms with van der Waals surface area (Å²) in [5.41, 5.74) is -1.06. The van der Waals surface area contributed by atoms with Gasteiger partial charge in [0.25, 0.3) is 6.43 Å². The molecule has 0 spiro atoms. The van der Waals surface area contributed by atoms with E-state index in [1.54, 1.807) is 6.07 Å². The molecule has 0 aromatic carbocycles. The fourth-order valence-electron chi connectivity index (χ4n) is 0.949. The van der Waals surface area contributed by atoms with E-state index < -0.39 is 18.7 Å². The van der Waals surface area contributed by atoms with Gasteiger partial charge in [-0.15, -0.1) is 0 Å². The number of halogens is 3. The SMILES string of the molecule is N#Cc1nccc(C(F)F)c1CF. The molecular weight excluding hydrogens is 181 g/mol. The van der Waals surface area contributed by atoms with Gasteiger partial charge >= 0.3 is 0 Å². The maximum Gasteiger partial charge on any atom is 0.264 e. The predicted octanol–water partition coefficient (Wildman–Crippen LogP) is 2.36. The first-order valence-corrected chi connectivity index (χ1v) is 3.42. The highest BCUT2D eigenvalue weighted by Crippen LogP contribution is 2.24. The minimum absolute atomic E-state index is 0.277. The Kier molecular flexibility index (Phi) is 2.85. The summed E-state index contributed by atoms with van der Waals surface area (Å²) in [4.78, 5) is 3.48. The van der Waals surface area contributed by atoms with Crippen LogP contribution in [0.25, 0.3) is 0 Å². The molecular formula is C8H5F3N2. The summed E-state index contributed by atoms with van der Waals surface area (Å²) >= 11 is 0. The van der Waals surface area contributed by atoms with Crippen molar-refractivity contribution in [2.24, 2.45) is 0 Å². The lowest BCUT2D eigenvalue weighted by molar-refractivity contribution is 0.149. The minimum atomic E-state index is -2.78. The topological polar surface area (TPSA) is 36.7 Å². The lowest BCUT2D eigenvalue weighted by Crippen LogP contribution is -1.98. The highest BCUT2D eigenvalue weighted by atomic mass is 19.3. The van der Waals surface area contributed by atoms with Crippen LogP contribution in [0.1, 0.15) is 23.2 Å². The number of rotatable bonds is 2. The summed E-state index contributed by atoms with van der Waals surface area (Å²) in [5.74, 6) is 0. The van der Waals surface area contributed by atoms with Gasteiger partial charge in [0.2, 0.25) is 0 Å². The van der Waals surface area contributed by atoms with E-state index in [0.29, 0.717) is 0 Å². The van der Waals surface area contributed by atoms with Crippen molar-refractivity contribution in [3.8, 4) is 6.07 Å². The Labute approximate surface area is 72.6 Å². The molecule has 0 aliphatic heterocycles. The summed E-state index contributed by atoms with van der Waals surface area (Å²) in [6, 6.07) is 2.57. The molecule has 5 heteroatoms. The summed E-state index contributed by atoms with van der Waals surface area (Å²) in [7, 11) is 0. The zero-order valence-corrected chi connectivity index (χ0v) is 6.47. The second kappa shape index (κ2) is 3.90. The van der Waals surface area contributed by atoms with Gasteiger partial charge < -0.3 is 0 Å². The van der Waals surface area contributed by atoms with Crippen LogP contribution in [-0.4, -0.2) is 4.98 Å². The van der Waals surface area contributed by atoms with Crippen molar-refractivity contribution in [1.29, 1.82) is 5.26 Å². The Morgan fingerprint density at radius 3 is 2.69 bits per heavy atom. The Hall–Kier alpha value is -1.57. The molecule has 2 nitrogen and oxygen atoms in total. The van der Waals surface area contributed by atoms with E-state index >= 15 is 0 Å². The van der Waals surface area contributed by atoms with Crippen molar-refractivity contribution >= 4 is 0 Å². The number of hydrogen-bond donors (Lipinski definition) is 0. The molecule has 0 fully saturated rings. The van der Waals surface area contributed by atoms with Gasteiger partial charge in [-0.2, -0.15) is 5.26 Å². The van der Waals surface area contributed by atoms with Crippen molar-refractivity contribution in [2.45, 2.75) is 13.1 Å². The third kappa shape index (κ3) is 1.78. The van der Waals surface area contributed by atoms with Crippen molar-refractivity contribution in [3.05, 3.63) is 29.1 Å². The maximum absolute atomic E-state index is 12.3. The van der Waals surface area contributed by atoms with E-state index in [4.69, 9.17) is 5.26 Å². The smallest absolute Gasteiger partial charge is 0.246 e. The van der Waals surface area contributed by atoms with Gasteiger partial charge in [-0.05, 0) is 6.07 Å². The quantitative estimate of drug-likeness (QED) is 0.710. The van der Waals surface area contributed by atoms with E-state index in [9.17, 15) is 13.2 Å². The first-order valence-electron chi connectivity index (χ1n) is 3.42. The molecule has 0 atom stereocenters. The van der Waals surface area contributed by atoms with E-state index in [-0.39, 0.29) is 11.3 Å². The van der Waals surface area contributed by atoms with Crippen LogP contribution in [0, 0.1) is 11.3 Å². The molecule has 0 unspecified atom stereocenters. The molecule has 0 amide bonds. The summed E-state index contributed by atoms with van der Waals surface area (Å²) in [6.07, 6.45) is -1.71. The summed E-state index contributed by atoms with van der Waals surface area (Å²) < 4.78 is 36.7. The number of hydrogen-bond acceptors (Lipinski definition) is 2. The molecule has 68 valence electrons. The molecule has 1 heterocycles. The van der Waals surface area contributed by atoms with Gasteiger partial charge in [-0.1, -0.05) is 0 Å².